The van der Waals surface area contributed by atoms with Crippen LogP contribution >= 0.6 is 0 Å². The highest BCUT2D eigenvalue weighted by Gasteiger charge is 2.23. The summed E-state index contributed by atoms with van der Waals surface area (Å²) in [6.07, 6.45) is 6.55. The van der Waals surface area contributed by atoms with Crippen molar-refractivity contribution in [3.63, 3.8) is 0 Å². The van der Waals surface area contributed by atoms with E-state index < -0.39 is 0 Å². The minimum atomic E-state index is -0.136. The number of nitrogens with one attached hydrogen (secondary N) is 2. The molecule has 0 bridgehead atoms. The lowest BCUT2D eigenvalue weighted by molar-refractivity contribution is 0.243. The summed E-state index contributed by atoms with van der Waals surface area (Å²) in [5.74, 6) is 1.09. The van der Waals surface area contributed by atoms with Crippen LogP contribution in [0.3, 0.4) is 0 Å². The molecule has 1 fully saturated rings. The third-order valence-electron chi connectivity index (χ3n) is 3.36. The van der Waals surface area contributed by atoms with Crippen molar-refractivity contribution in [2.75, 3.05) is 13.6 Å². The first-order chi connectivity index (χ1) is 8.22. The zero-order valence-corrected chi connectivity index (χ0v) is 10.5. The van der Waals surface area contributed by atoms with Gasteiger partial charge in [-0.25, -0.2) is 9.78 Å². The van der Waals surface area contributed by atoms with Gasteiger partial charge in [-0.2, -0.15) is 0 Å². The van der Waals surface area contributed by atoms with Gasteiger partial charge in [0, 0.05) is 37.9 Å². The molecule has 1 aromatic heterocycles. The molecule has 0 saturated heterocycles. The second kappa shape index (κ2) is 5.21. The molecule has 1 saturated carbocycles. The first-order valence-electron chi connectivity index (χ1n) is 6.20. The number of urea groups is 1. The first kappa shape index (κ1) is 12.0. The number of hydrogen-bond acceptors (Lipinski definition) is 2. The van der Waals surface area contributed by atoms with E-state index in [1.54, 1.807) is 7.05 Å². The average molecular weight is 236 g/mol. The smallest absolute Gasteiger partial charge is 0.314 e. The zero-order chi connectivity index (χ0) is 12.3. The van der Waals surface area contributed by atoms with E-state index in [0.717, 1.165) is 12.2 Å². The topological polar surface area (TPSA) is 59.0 Å². The van der Waals surface area contributed by atoms with Gasteiger partial charge in [-0.15, -0.1) is 0 Å². The molecule has 2 amide bonds. The fourth-order valence-electron chi connectivity index (χ4n) is 2.20. The molecule has 0 unspecified atom stereocenters. The summed E-state index contributed by atoms with van der Waals surface area (Å²) in [4.78, 5) is 15.5. The van der Waals surface area contributed by atoms with Gasteiger partial charge in [0.1, 0.15) is 5.82 Å². The Morgan fingerprint density at radius 1 is 1.59 bits per heavy atom. The van der Waals surface area contributed by atoms with Gasteiger partial charge >= 0.3 is 6.03 Å². The van der Waals surface area contributed by atoms with Crippen molar-refractivity contribution >= 4 is 6.03 Å². The monoisotopic (exact) mass is 236 g/mol. The molecule has 17 heavy (non-hydrogen) atoms. The Kier molecular flexibility index (Phi) is 3.66. The van der Waals surface area contributed by atoms with Gasteiger partial charge in [0.15, 0.2) is 0 Å². The highest BCUT2D eigenvalue weighted by atomic mass is 16.2. The highest BCUT2D eigenvalue weighted by Crippen LogP contribution is 2.33. The highest BCUT2D eigenvalue weighted by molar-refractivity contribution is 5.73. The third-order valence-corrected chi connectivity index (χ3v) is 3.36. The van der Waals surface area contributed by atoms with E-state index in [1.807, 2.05) is 6.20 Å². The summed E-state index contributed by atoms with van der Waals surface area (Å²) in [5.41, 5.74) is 1.23. The van der Waals surface area contributed by atoms with Gasteiger partial charge in [-0.05, 0) is 26.2 Å². The second-order valence-electron chi connectivity index (χ2n) is 4.53. The fourth-order valence-corrected chi connectivity index (χ4v) is 2.20. The number of hydrogen-bond donors (Lipinski definition) is 2. The largest absolute Gasteiger partial charge is 0.341 e. The van der Waals surface area contributed by atoms with Gasteiger partial charge in [-0.3, -0.25) is 0 Å². The Bertz CT molecular complexity index is 395. The maximum Gasteiger partial charge on any atom is 0.314 e. The van der Waals surface area contributed by atoms with Gasteiger partial charge in [-0.1, -0.05) is 0 Å². The number of carbonyl (C=O) groups is 1. The van der Waals surface area contributed by atoms with E-state index >= 15 is 0 Å². The van der Waals surface area contributed by atoms with Crippen molar-refractivity contribution in [1.29, 1.82) is 0 Å². The molecule has 0 aromatic carbocycles. The average Bonchev–Trinajstić information content (AvgIpc) is 2.59. The molecule has 2 rings (SSSR count). The van der Waals surface area contributed by atoms with Crippen LogP contribution in [-0.4, -0.2) is 29.2 Å². The molecule has 5 nitrogen and oxygen atoms in total. The number of aromatic nitrogens is 2. The Morgan fingerprint density at radius 3 is 2.94 bits per heavy atom. The molecule has 0 spiro atoms. The molecule has 5 heteroatoms. The van der Waals surface area contributed by atoms with Crippen LogP contribution in [0.4, 0.5) is 4.79 Å². The van der Waals surface area contributed by atoms with Crippen LogP contribution in [-0.2, 0) is 6.42 Å². The number of imidazole rings is 1. The van der Waals surface area contributed by atoms with Gasteiger partial charge in [0.25, 0.3) is 0 Å². The summed E-state index contributed by atoms with van der Waals surface area (Å²) in [7, 11) is 1.62. The first-order valence-corrected chi connectivity index (χ1v) is 6.20. The Labute approximate surface area is 102 Å². The quantitative estimate of drug-likeness (QED) is 0.830. The van der Waals surface area contributed by atoms with E-state index in [2.05, 4.69) is 27.1 Å². The Morgan fingerprint density at radius 2 is 2.35 bits per heavy atom. The maximum absolute atomic E-state index is 11.0. The van der Waals surface area contributed by atoms with Gasteiger partial charge in [0.05, 0.1) is 0 Å². The lowest BCUT2D eigenvalue weighted by atomic mass is 9.92. The normalized spacial score (nSPS) is 15.4. The van der Waals surface area contributed by atoms with Gasteiger partial charge in [0.2, 0.25) is 0 Å². The van der Waals surface area contributed by atoms with Crippen molar-refractivity contribution in [3.05, 3.63) is 17.7 Å². The summed E-state index contributed by atoms with van der Waals surface area (Å²) in [6, 6.07) is 0.496. The van der Waals surface area contributed by atoms with Crippen LogP contribution in [0, 0.1) is 6.92 Å². The fraction of sp³-hybridized carbons (Fsp3) is 0.667. The molecule has 1 aliphatic carbocycles. The number of amides is 2. The molecule has 0 aliphatic heterocycles. The predicted octanol–water partition coefficient (Wildman–Crippen LogP) is 1.39. The number of nitrogens with zero attached hydrogens (tertiary/aromatic N) is 2. The molecular formula is C12H20N4O. The molecule has 1 aliphatic rings. The number of aryl methyl sites for hydroxylation is 1. The Balaban J connectivity index is 1.93. The molecule has 94 valence electrons. The van der Waals surface area contributed by atoms with Crippen LogP contribution < -0.4 is 10.6 Å². The summed E-state index contributed by atoms with van der Waals surface area (Å²) >= 11 is 0. The van der Waals surface area contributed by atoms with Crippen LogP contribution in [0.5, 0.6) is 0 Å². The summed E-state index contributed by atoms with van der Waals surface area (Å²) in [5, 5.41) is 5.33. The van der Waals surface area contributed by atoms with Crippen LogP contribution in [0.15, 0.2) is 6.20 Å². The van der Waals surface area contributed by atoms with E-state index in [-0.39, 0.29) is 6.03 Å². The van der Waals surface area contributed by atoms with Crippen molar-refractivity contribution < 1.29 is 4.79 Å². The molecule has 0 radical (unpaired) electrons. The lowest BCUT2D eigenvalue weighted by Crippen LogP contribution is -2.34. The minimum absolute atomic E-state index is 0.136. The Hall–Kier alpha value is -1.52. The van der Waals surface area contributed by atoms with Crippen LogP contribution in [0.1, 0.15) is 36.8 Å². The standard InChI is InChI=1S/C12H20N4O/c1-9-8-15-11(6-7-14-12(17)13-2)16(9)10-4-3-5-10/h8,10H,3-7H2,1-2H3,(H2,13,14,17). The maximum atomic E-state index is 11.0. The van der Waals surface area contributed by atoms with Crippen LogP contribution in [0.2, 0.25) is 0 Å². The second-order valence-corrected chi connectivity index (χ2v) is 4.53. The van der Waals surface area contributed by atoms with Crippen molar-refractivity contribution in [2.45, 2.75) is 38.6 Å². The molecule has 0 atom stereocenters. The van der Waals surface area contributed by atoms with E-state index in [9.17, 15) is 4.79 Å². The molecule has 1 aromatic rings. The zero-order valence-electron chi connectivity index (χ0n) is 10.5. The van der Waals surface area contributed by atoms with Gasteiger partial charge < -0.3 is 15.2 Å². The third kappa shape index (κ3) is 2.60. The minimum Gasteiger partial charge on any atom is -0.341 e. The molecule has 1 heterocycles. The summed E-state index contributed by atoms with van der Waals surface area (Å²) in [6.45, 7) is 2.73. The number of rotatable bonds is 4. The predicted molar refractivity (Wildman–Crippen MR) is 66.0 cm³/mol. The van der Waals surface area contributed by atoms with Crippen molar-refractivity contribution in [3.8, 4) is 0 Å². The van der Waals surface area contributed by atoms with Crippen molar-refractivity contribution in [1.82, 2.24) is 20.2 Å². The molecule has 2 N–H and O–H groups in total. The molecular weight excluding hydrogens is 216 g/mol. The van der Waals surface area contributed by atoms with E-state index in [0.29, 0.717) is 12.6 Å². The van der Waals surface area contributed by atoms with E-state index in [4.69, 9.17) is 0 Å². The lowest BCUT2D eigenvalue weighted by Gasteiger charge is -2.29. The van der Waals surface area contributed by atoms with Crippen molar-refractivity contribution in [2.24, 2.45) is 0 Å². The number of carbonyl (C=O) groups excluding carboxylic acids is 1. The summed E-state index contributed by atoms with van der Waals surface area (Å²) < 4.78 is 2.33. The van der Waals surface area contributed by atoms with Crippen LogP contribution in [0.25, 0.3) is 0 Å². The van der Waals surface area contributed by atoms with E-state index in [1.165, 1.54) is 25.0 Å². The SMILES string of the molecule is CNC(=O)NCCc1ncc(C)n1C1CCC1.